The van der Waals surface area contributed by atoms with Gasteiger partial charge in [0.2, 0.25) is 5.91 Å². The van der Waals surface area contributed by atoms with Gasteiger partial charge in [-0.25, -0.2) is 4.98 Å². The van der Waals surface area contributed by atoms with E-state index in [2.05, 4.69) is 10.3 Å². The lowest BCUT2D eigenvalue weighted by atomic mass is 9.75. The molecule has 1 aromatic carbocycles. The minimum absolute atomic E-state index is 0.0408. The Morgan fingerprint density at radius 3 is 2.58 bits per heavy atom. The van der Waals surface area contributed by atoms with Gasteiger partial charge in [-0.15, -0.1) is 0 Å². The highest BCUT2D eigenvalue weighted by Gasteiger charge is 2.32. The molecule has 1 saturated carbocycles. The fourth-order valence-corrected chi connectivity index (χ4v) is 4.25. The molecule has 1 aliphatic carbocycles. The van der Waals surface area contributed by atoms with Crippen LogP contribution in [0.5, 0.6) is 5.75 Å². The molecule has 1 fully saturated rings. The molecule has 3 rings (SSSR count). The van der Waals surface area contributed by atoms with Crippen molar-refractivity contribution < 1.29 is 22.7 Å². The van der Waals surface area contributed by atoms with Crippen molar-refractivity contribution in [2.45, 2.75) is 45.2 Å². The summed E-state index contributed by atoms with van der Waals surface area (Å²) in [5.74, 6) is 1.10. The highest BCUT2D eigenvalue weighted by atomic mass is 35.5. The van der Waals surface area contributed by atoms with Gasteiger partial charge in [-0.1, -0.05) is 24.6 Å². The summed E-state index contributed by atoms with van der Waals surface area (Å²) >= 11 is 5.83. The molecule has 0 saturated heterocycles. The summed E-state index contributed by atoms with van der Waals surface area (Å²) in [6.07, 6.45) is 1.38. The molecule has 0 bridgehead atoms. The molecule has 2 aromatic rings. The zero-order valence-electron chi connectivity index (χ0n) is 17.3. The number of nitrogens with zero attached hydrogens (tertiary/aromatic N) is 1. The van der Waals surface area contributed by atoms with Crippen molar-refractivity contribution in [2.24, 2.45) is 17.8 Å². The van der Waals surface area contributed by atoms with Gasteiger partial charge >= 0.3 is 6.18 Å². The minimum atomic E-state index is -4.38. The van der Waals surface area contributed by atoms with Crippen LogP contribution in [0.25, 0.3) is 0 Å². The number of amides is 1. The molecule has 1 heterocycles. The van der Waals surface area contributed by atoms with Crippen molar-refractivity contribution in [1.82, 2.24) is 4.98 Å². The van der Waals surface area contributed by atoms with Gasteiger partial charge in [0.15, 0.2) is 0 Å². The number of hydrogen-bond acceptors (Lipinski definition) is 3. The van der Waals surface area contributed by atoms with Crippen LogP contribution in [-0.2, 0) is 11.0 Å². The van der Waals surface area contributed by atoms with E-state index in [1.54, 1.807) is 18.2 Å². The molecular formula is C23H26ClF3N2O2. The molecule has 168 valence electrons. The number of nitrogens with one attached hydrogen (secondary N) is 1. The Hall–Kier alpha value is -2.28. The molecule has 1 atom stereocenters. The van der Waals surface area contributed by atoms with Gasteiger partial charge in [0, 0.05) is 12.1 Å². The molecule has 8 heteroatoms. The summed E-state index contributed by atoms with van der Waals surface area (Å²) in [7, 11) is 0. The first-order chi connectivity index (χ1) is 14.8. The van der Waals surface area contributed by atoms with Crippen LogP contribution in [0.2, 0.25) is 5.02 Å². The van der Waals surface area contributed by atoms with Crippen molar-refractivity contribution in [3.63, 3.8) is 0 Å². The highest BCUT2D eigenvalue weighted by molar-refractivity contribution is 6.30. The average Bonchev–Trinajstić information content (AvgIpc) is 2.75. The Labute approximate surface area is 185 Å². The maximum absolute atomic E-state index is 12.8. The van der Waals surface area contributed by atoms with E-state index in [1.165, 1.54) is 12.3 Å². The van der Waals surface area contributed by atoms with Crippen LogP contribution in [0.15, 0.2) is 42.6 Å². The molecule has 1 N–H and O–H groups in total. The van der Waals surface area contributed by atoms with Crippen molar-refractivity contribution >= 4 is 23.3 Å². The number of aromatic nitrogens is 1. The van der Waals surface area contributed by atoms with Crippen LogP contribution in [0.1, 0.15) is 44.6 Å². The fraction of sp³-hybridized carbons (Fsp3) is 0.478. The normalized spacial score (nSPS) is 20.2. The Bertz CT molecular complexity index is 866. The van der Waals surface area contributed by atoms with Crippen molar-refractivity contribution in [2.75, 3.05) is 11.9 Å². The largest absolute Gasteiger partial charge is 0.493 e. The number of rotatable bonds is 7. The first-order valence-corrected chi connectivity index (χ1v) is 10.9. The third kappa shape index (κ3) is 6.60. The second kappa shape index (κ2) is 10.4. The lowest BCUT2D eigenvalue weighted by molar-refractivity contribution is -0.137. The summed E-state index contributed by atoms with van der Waals surface area (Å²) in [4.78, 5) is 16.8. The topological polar surface area (TPSA) is 51.2 Å². The second-order valence-corrected chi connectivity index (χ2v) is 8.42. The minimum Gasteiger partial charge on any atom is -0.493 e. The van der Waals surface area contributed by atoms with Crippen molar-refractivity contribution in [1.29, 1.82) is 0 Å². The number of ether oxygens (including phenoxy) is 1. The average molecular weight is 455 g/mol. The summed E-state index contributed by atoms with van der Waals surface area (Å²) in [5, 5.41) is 3.38. The molecule has 0 unspecified atom stereocenters. The van der Waals surface area contributed by atoms with Gasteiger partial charge in [-0.2, -0.15) is 13.2 Å². The van der Waals surface area contributed by atoms with Crippen LogP contribution < -0.4 is 10.1 Å². The van der Waals surface area contributed by atoms with Gasteiger partial charge in [0.1, 0.15) is 11.6 Å². The van der Waals surface area contributed by atoms with Gasteiger partial charge in [0.05, 0.1) is 17.2 Å². The zero-order valence-corrected chi connectivity index (χ0v) is 18.0. The summed E-state index contributed by atoms with van der Waals surface area (Å²) in [6, 6.07) is 8.33. The van der Waals surface area contributed by atoms with Gasteiger partial charge < -0.3 is 10.1 Å². The Morgan fingerprint density at radius 2 is 1.97 bits per heavy atom. The summed E-state index contributed by atoms with van der Waals surface area (Å²) < 4.78 is 44.2. The number of anilines is 1. The number of halogens is 4. The lowest BCUT2D eigenvalue weighted by Gasteiger charge is -2.32. The first kappa shape index (κ1) is 23.4. The number of pyridine rings is 1. The third-order valence-corrected chi connectivity index (χ3v) is 6.09. The number of benzene rings is 1. The zero-order chi connectivity index (χ0) is 22.4. The van der Waals surface area contributed by atoms with E-state index >= 15 is 0 Å². The summed E-state index contributed by atoms with van der Waals surface area (Å²) in [6.45, 7) is 2.38. The van der Waals surface area contributed by atoms with E-state index in [4.69, 9.17) is 16.3 Å². The first-order valence-electron chi connectivity index (χ1n) is 10.5. The Balaban J connectivity index is 1.49. The maximum Gasteiger partial charge on any atom is 0.416 e. The van der Waals surface area contributed by atoms with Crippen LogP contribution in [0.4, 0.5) is 19.0 Å². The molecular weight excluding hydrogens is 429 g/mol. The van der Waals surface area contributed by atoms with Crippen LogP contribution in [-0.4, -0.2) is 17.5 Å². The van der Waals surface area contributed by atoms with Gasteiger partial charge in [-0.3, -0.25) is 4.79 Å². The monoisotopic (exact) mass is 454 g/mol. The predicted octanol–water partition coefficient (Wildman–Crippen LogP) is 6.60. The third-order valence-electron chi connectivity index (χ3n) is 5.86. The van der Waals surface area contributed by atoms with E-state index in [-0.39, 0.29) is 29.4 Å². The molecule has 1 aliphatic rings. The van der Waals surface area contributed by atoms with Crippen molar-refractivity contribution in [3.05, 3.63) is 53.2 Å². The maximum atomic E-state index is 12.8. The second-order valence-electron chi connectivity index (χ2n) is 7.98. The predicted molar refractivity (Wildman–Crippen MR) is 114 cm³/mol. The number of hydrogen-bond donors (Lipinski definition) is 1. The van der Waals surface area contributed by atoms with Crippen molar-refractivity contribution in [3.8, 4) is 5.75 Å². The van der Waals surface area contributed by atoms with E-state index < -0.39 is 11.7 Å². The number of carbonyl (C=O) groups is 1. The Kier molecular flexibility index (Phi) is 7.81. The quantitative estimate of drug-likeness (QED) is 0.512. The van der Waals surface area contributed by atoms with E-state index in [0.717, 1.165) is 44.2 Å². The molecule has 1 amide bonds. The van der Waals surface area contributed by atoms with Crippen LogP contribution in [0.3, 0.4) is 0 Å². The summed E-state index contributed by atoms with van der Waals surface area (Å²) in [5.41, 5.74) is -0.708. The van der Waals surface area contributed by atoms with E-state index in [0.29, 0.717) is 17.4 Å². The molecule has 0 spiro atoms. The lowest BCUT2D eigenvalue weighted by Crippen LogP contribution is -2.32. The number of alkyl halides is 3. The highest BCUT2D eigenvalue weighted by Crippen LogP contribution is 2.36. The molecule has 31 heavy (non-hydrogen) atoms. The van der Waals surface area contributed by atoms with Crippen LogP contribution in [0, 0.1) is 17.8 Å². The Morgan fingerprint density at radius 1 is 1.23 bits per heavy atom. The SMILES string of the molecule is CC[C@@H](C(=O)Nc1ccc(Cl)cn1)C1CCC(COc2cccc(C(F)(F)F)c2)CC1. The molecule has 0 aliphatic heterocycles. The smallest absolute Gasteiger partial charge is 0.416 e. The fourth-order valence-electron chi connectivity index (χ4n) is 4.14. The molecule has 1 aromatic heterocycles. The van der Waals surface area contributed by atoms with Gasteiger partial charge in [-0.05, 0) is 74.3 Å². The number of carbonyl (C=O) groups excluding carboxylic acids is 1. The standard InChI is InChI=1S/C23H26ClF3N2O2/c1-2-20(22(30)29-21-11-10-18(24)13-28-21)16-8-6-15(7-9-16)14-31-19-5-3-4-17(12-19)23(25,26)27/h3-5,10-13,15-16,20H,2,6-9,14H2,1H3,(H,28,29,30)/t15?,16?,20-/m1/s1. The van der Waals surface area contributed by atoms with E-state index in [9.17, 15) is 18.0 Å². The van der Waals surface area contributed by atoms with Gasteiger partial charge in [0.25, 0.3) is 0 Å². The molecule has 4 nitrogen and oxygen atoms in total. The molecule has 0 radical (unpaired) electrons. The van der Waals surface area contributed by atoms with E-state index in [1.807, 2.05) is 6.92 Å². The van der Waals surface area contributed by atoms with Crippen LogP contribution >= 0.6 is 11.6 Å².